The van der Waals surface area contributed by atoms with Crippen LogP contribution in [0.25, 0.3) is 0 Å². The van der Waals surface area contributed by atoms with Gasteiger partial charge in [-0.25, -0.2) is 4.39 Å². The van der Waals surface area contributed by atoms with Crippen LogP contribution >= 0.6 is 0 Å². The van der Waals surface area contributed by atoms with Gasteiger partial charge in [0.2, 0.25) is 0 Å². The van der Waals surface area contributed by atoms with Crippen LogP contribution in [0.5, 0.6) is 0 Å². The molecule has 8 heteroatoms. The number of hydrogen-bond donors (Lipinski definition) is 1. The third kappa shape index (κ3) is 8.65. The number of aliphatic hydroxyl groups is 1. The molecule has 0 aromatic heterocycles. The largest absolute Gasteiger partial charge is 0.386 e. The van der Waals surface area contributed by atoms with Crippen LogP contribution in [-0.2, 0) is 10.4 Å². The highest BCUT2D eigenvalue weighted by atomic mass is 19.3. The molecule has 35 heavy (non-hydrogen) atoms. The van der Waals surface area contributed by atoms with E-state index in [0.717, 1.165) is 23.6 Å². The predicted molar refractivity (Wildman–Crippen MR) is 130 cm³/mol. The molecule has 0 amide bonds. The van der Waals surface area contributed by atoms with Gasteiger partial charge in [-0.3, -0.25) is 9.79 Å². The standard InChI is InChI=1S/C14H20FNO.C8H10F4O.C5H10/c1-6-10(3)16-13-9(2)7-11(8-12(13)15)14(4,5)17;1-2-6(13)3-5-4-7(9,10)8(5,11)12;1-5-3-2-4-5/h7-8,17H,6H2,1-5H3;5H,2-4H2,1H3;5H,2-4H2,1H3. The number of benzene rings is 1. The highest BCUT2D eigenvalue weighted by Gasteiger charge is 2.71. The molecule has 1 N–H and O–H groups in total. The Kier molecular flexibility index (Phi) is 11.1. The van der Waals surface area contributed by atoms with Crippen molar-refractivity contribution in [3.63, 3.8) is 0 Å². The molecule has 2 aliphatic carbocycles. The summed E-state index contributed by atoms with van der Waals surface area (Å²) in [6.45, 7) is 12.8. The van der Waals surface area contributed by atoms with Crippen LogP contribution in [0.15, 0.2) is 17.1 Å². The molecule has 200 valence electrons. The molecule has 1 atom stereocenters. The normalized spacial score (nSPS) is 20.9. The van der Waals surface area contributed by atoms with Gasteiger partial charge < -0.3 is 5.11 Å². The fourth-order valence-corrected chi connectivity index (χ4v) is 3.47. The molecule has 0 spiro atoms. The van der Waals surface area contributed by atoms with Crippen molar-refractivity contribution in [2.24, 2.45) is 16.8 Å². The summed E-state index contributed by atoms with van der Waals surface area (Å²) in [5.41, 5.74) is 1.55. The summed E-state index contributed by atoms with van der Waals surface area (Å²) in [5, 5.41) is 9.85. The number of nitrogens with zero attached hydrogens (tertiary/aromatic N) is 1. The van der Waals surface area contributed by atoms with Crippen LogP contribution in [0.3, 0.4) is 0 Å². The second kappa shape index (κ2) is 12.4. The third-order valence-electron chi connectivity index (χ3n) is 6.54. The molecule has 0 bridgehead atoms. The summed E-state index contributed by atoms with van der Waals surface area (Å²) >= 11 is 0. The van der Waals surface area contributed by atoms with Gasteiger partial charge in [-0.1, -0.05) is 46.1 Å². The van der Waals surface area contributed by atoms with E-state index in [9.17, 15) is 31.9 Å². The van der Waals surface area contributed by atoms with Crippen molar-refractivity contribution in [1.82, 2.24) is 0 Å². The minimum atomic E-state index is -3.99. The van der Waals surface area contributed by atoms with Crippen LogP contribution in [0.2, 0.25) is 0 Å². The van der Waals surface area contributed by atoms with Gasteiger partial charge in [-0.05, 0) is 57.2 Å². The molecular formula is C27H40F5NO2. The minimum absolute atomic E-state index is 0.123. The lowest BCUT2D eigenvalue weighted by atomic mass is 9.74. The molecule has 3 nitrogen and oxygen atoms in total. The lowest BCUT2D eigenvalue weighted by Crippen LogP contribution is -2.59. The second-order valence-electron chi connectivity index (χ2n) is 10.2. The number of carbonyl (C=O) groups excluding carboxylic acids is 1. The van der Waals surface area contributed by atoms with Gasteiger partial charge >= 0.3 is 11.8 Å². The fourth-order valence-electron chi connectivity index (χ4n) is 3.47. The van der Waals surface area contributed by atoms with E-state index >= 15 is 0 Å². The lowest BCUT2D eigenvalue weighted by molar-refractivity contribution is -0.313. The summed E-state index contributed by atoms with van der Waals surface area (Å²) in [5.74, 6) is -9.07. The van der Waals surface area contributed by atoms with E-state index in [2.05, 4.69) is 11.9 Å². The van der Waals surface area contributed by atoms with Crippen molar-refractivity contribution in [3.8, 4) is 0 Å². The molecule has 2 fully saturated rings. The van der Waals surface area contributed by atoms with Crippen LogP contribution in [0.4, 0.5) is 27.6 Å². The molecule has 3 rings (SSSR count). The van der Waals surface area contributed by atoms with E-state index in [4.69, 9.17) is 0 Å². The summed E-state index contributed by atoms with van der Waals surface area (Å²) in [4.78, 5) is 15.0. The lowest BCUT2D eigenvalue weighted by Gasteiger charge is -2.43. The van der Waals surface area contributed by atoms with Crippen LogP contribution in [-0.4, -0.2) is 28.4 Å². The number of halogens is 5. The van der Waals surface area contributed by atoms with Crippen molar-refractivity contribution in [1.29, 1.82) is 0 Å². The Labute approximate surface area is 206 Å². The number of aliphatic imine (C=N–C) groups is 1. The molecule has 0 radical (unpaired) electrons. The Balaban J connectivity index is 0.000000298. The number of Topliss-reactive ketones (excluding diaryl/α,β-unsaturated/α-hetero) is 1. The van der Waals surface area contributed by atoms with Gasteiger partial charge in [-0.15, -0.1) is 0 Å². The number of alkyl halides is 4. The highest BCUT2D eigenvalue weighted by molar-refractivity contribution is 5.84. The van der Waals surface area contributed by atoms with E-state index in [1.807, 2.05) is 13.8 Å². The van der Waals surface area contributed by atoms with Crippen LogP contribution in [0.1, 0.15) is 97.6 Å². The Hall–Kier alpha value is -1.83. The average molecular weight is 506 g/mol. The molecule has 2 saturated carbocycles. The van der Waals surface area contributed by atoms with Crippen molar-refractivity contribution < 1.29 is 31.9 Å². The van der Waals surface area contributed by atoms with Crippen molar-refractivity contribution in [2.75, 3.05) is 0 Å². The zero-order chi connectivity index (χ0) is 27.2. The number of ketones is 1. The monoisotopic (exact) mass is 505 g/mol. The van der Waals surface area contributed by atoms with Gasteiger partial charge in [0.25, 0.3) is 0 Å². The predicted octanol–water partition coefficient (Wildman–Crippen LogP) is 8.32. The summed E-state index contributed by atoms with van der Waals surface area (Å²) in [6, 6.07) is 3.14. The first-order valence-corrected chi connectivity index (χ1v) is 12.3. The van der Waals surface area contributed by atoms with Gasteiger partial charge in [0.1, 0.15) is 17.3 Å². The smallest absolute Gasteiger partial charge is 0.313 e. The maximum atomic E-state index is 13.9. The van der Waals surface area contributed by atoms with E-state index < -0.39 is 36.2 Å². The molecule has 0 aliphatic heterocycles. The van der Waals surface area contributed by atoms with E-state index in [1.165, 1.54) is 32.3 Å². The first kappa shape index (κ1) is 31.2. The first-order chi connectivity index (χ1) is 16.0. The zero-order valence-electron chi connectivity index (χ0n) is 22.0. The van der Waals surface area contributed by atoms with Crippen LogP contribution < -0.4 is 0 Å². The number of rotatable bonds is 6. The summed E-state index contributed by atoms with van der Waals surface area (Å²) in [6.07, 6.45) is 4.08. The number of hydrogen-bond acceptors (Lipinski definition) is 3. The highest BCUT2D eigenvalue weighted by Crippen LogP contribution is 2.56. The Morgan fingerprint density at radius 3 is 2.00 bits per heavy atom. The topological polar surface area (TPSA) is 49.7 Å². The molecule has 0 heterocycles. The average Bonchev–Trinajstić information content (AvgIpc) is 2.74. The molecule has 1 unspecified atom stereocenters. The maximum absolute atomic E-state index is 13.9. The zero-order valence-corrected chi connectivity index (χ0v) is 22.0. The minimum Gasteiger partial charge on any atom is -0.386 e. The van der Waals surface area contributed by atoms with E-state index in [-0.39, 0.29) is 18.0 Å². The van der Waals surface area contributed by atoms with Gasteiger partial charge in [0, 0.05) is 30.9 Å². The third-order valence-corrected chi connectivity index (χ3v) is 6.54. The van der Waals surface area contributed by atoms with E-state index in [0.29, 0.717) is 11.3 Å². The molecule has 2 aliphatic rings. The van der Waals surface area contributed by atoms with Crippen LogP contribution in [0, 0.1) is 24.6 Å². The van der Waals surface area contributed by atoms with Crippen molar-refractivity contribution in [2.45, 2.75) is 111 Å². The molecule has 1 aromatic carbocycles. The molecule has 1 aromatic rings. The first-order valence-electron chi connectivity index (χ1n) is 12.3. The van der Waals surface area contributed by atoms with Gasteiger partial charge in [0.15, 0.2) is 0 Å². The van der Waals surface area contributed by atoms with Crippen molar-refractivity contribution >= 4 is 17.2 Å². The van der Waals surface area contributed by atoms with E-state index in [1.54, 1.807) is 26.8 Å². The molecule has 0 saturated heterocycles. The summed E-state index contributed by atoms with van der Waals surface area (Å²) < 4.78 is 63.6. The quantitative estimate of drug-likeness (QED) is 0.312. The maximum Gasteiger partial charge on any atom is 0.313 e. The Bertz CT molecular complexity index is 863. The fraction of sp³-hybridized carbons (Fsp3) is 0.704. The Morgan fingerprint density at radius 1 is 1.14 bits per heavy atom. The summed E-state index contributed by atoms with van der Waals surface area (Å²) in [7, 11) is 0. The SMILES string of the molecule is CC1CCC1.CCC(=O)CC1CC(F)(F)C1(F)F.CCC(C)=Nc1c(C)cc(C(C)(C)O)cc1F. The second-order valence-corrected chi connectivity index (χ2v) is 10.2. The Morgan fingerprint density at radius 2 is 1.69 bits per heavy atom. The van der Waals surface area contributed by atoms with Gasteiger partial charge in [-0.2, -0.15) is 17.6 Å². The number of carbonyl (C=O) groups is 1. The molecular weight excluding hydrogens is 465 g/mol. The van der Waals surface area contributed by atoms with Crippen molar-refractivity contribution in [3.05, 3.63) is 29.1 Å². The van der Waals surface area contributed by atoms with Gasteiger partial charge in [0.05, 0.1) is 5.60 Å². The number of aryl methyl sites for hydroxylation is 1.